The van der Waals surface area contributed by atoms with Gasteiger partial charge in [0.05, 0.1) is 5.56 Å². The minimum absolute atomic E-state index is 0.0691. The molecular formula is C15H13F4NS. The number of hydrogen-bond donors (Lipinski definition) is 1. The molecule has 0 spiro atoms. The number of alkyl halides is 3. The van der Waals surface area contributed by atoms with Crippen molar-refractivity contribution in [1.29, 1.82) is 0 Å². The molecule has 1 nitrogen and oxygen atoms in total. The summed E-state index contributed by atoms with van der Waals surface area (Å²) in [4.78, 5) is 0.760. The number of hydrogen-bond acceptors (Lipinski definition) is 2. The van der Waals surface area contributed by atoms with Crippen LogP contribution >= 0.6 is 11.8 Å². The summed E-state index contributed by atoms with van der Waals surface area (Å²) >= 11 is 1.29. The van der Waals surface area contributed by atoms with E-state index >= 15 is 0 Å². The molecule has 0 saturated heterocycles. The molecule has 2 rings (SSSR count). The van der Waals surface area contributed by atoms with Crippen molar-refractivity contribution in [2.24, 2.45) is 5.73 Å². The van der Waals surface area contributed by atoms with E-state index in [9.17, 15) is 17.6 Å². The van der Waals surface area contributed by atoms with Gasteiger partial charge in [-0.05, 0) is 35.9 Å². The average molecular weight is 315 g/mol. The highest BCUT2D eigenvalue weighted by Crippen LogP contribution is 2.35. The van der Waals surface area contributed by atoms with Crippen molar-refractivity contribution in [3.63, 3.8) is 0 Å². The maximum atomic E-state index is 12.9. The molecule has 112 valence electrons. The van der Waals surface area contributed by atoms with E-state index in [1.807, 2.05) is 0 Å². The predicted molar refractivity (Wildman–Crippen MR) is 75.5 cm³/mol. The van der Waals surface area contributed by atoms with Crippen molar-refractivity contribution < 1.29 is 17.6 Å². The van der Waals surface area contributed by atoms with Crippen molar-refractivity contribution in [3.05, 3.63) is 65.5 Å². The van der Waals surface area contributed by atoms with E-state index in [4.69, 9.17) is 5.73 Å². The Hall–Kier alpha value is -1.53. The zero-order valence-corrected chi connectivity index (χ0v) is 11.7. The molecule has 0 fully saturated rings. The highest BCUT2D eigenvalue weighted by molar-refractivity contribution is 7.99. The van der Waals surface area contributed by atoms with Gasteiger partial charge in [0, 0.05) is 16.7 Å². The summed E-state index contributed by atoms with van der Waals surface area (Å²) in [6.07, 6.45) is -4.42. The molecule has 0 aliphatic rings. The highest BCUT2D eigenvalue weighted by Gasteiger charge is 2.34. The van der Waals surface area contributed by atoms with Gasteiger partial charge >= 0.3 is 6.18 Å². The van der Waals surface area contributed by atoms with Crippen LogP contribution in [0.3, 0.4) is 0 Å². The van der Waals surface area contributed by atoms with Crippen molar-refractivity contribution >= 4 is 11.8 Å². The number of nitrogens with two attached hydrogens (primary N) is 1. The van der Waals surface area contributed by atoms with Crippen LogP contribution < -0.4 is 5.73 Å². The molecule has 0 saturated carbocycles. The minimum atomic E-state index is -4.42. The van der Waals surface area contributed by atoms with Crippen LogP contribution in [0.1, 0.15) is 17.2 Å². The minimum Gasteiger partial charge on any atom is -0.323 e. The quantitative estimate of drug-likeness (QED) is 0.657. The van der Waals surface area contributed by atoms with Gasteiger partial charge in [-0.2, -0.15) is 13.2 Å². The molecule has 0 bridgehead atoms. The Morgan fingerprint density at radius 3 is 2.24 bits per heavy atom. The van der Waals surface area contributed by atoms with Gasteiger partial charge in [-0.15, -0.1) is 11.8 Å². The molecule has 0 aromatic heterocycles. The monoisotopic (exact) mass is 315 g/mol. The molecule has 1 unspecified atom stereocenters. The second-order valence-electron chi connectivity index (χ2n) is 4.46. The largest absolute Gasteiger partial charge is 0.416 e. The van der Waals surface area contributed by atoms with Crippen molar-refractivity contribution in [2.45, 2.75) is 17.1 Å². The fourth-order valence-corrected chi connectivity index (χ4v) is 2.77. The van der Waals surface area contributed by atoms with E-state index in [0.29, 0.717) is 0 Å². The first kappa shape index (κ1) is 15.9. The molecule has 2 N–H and O–H groups in total. The van der Waals surface area contributed by atoms with Crippen LogP contribution in [0.2, 0.25) is 0 Å². The Bertz CT molecular complexity index is 595. The first-order chi connectivity index (χ1) is 9.88. The molecule has 0 radical (unpaired) electrons. The van der Waals surface area contributed by atoms with Crippen LogP contribution in [0.15, 0.2) is 53.4 Å². The van der Waals surface area contributed by atoms with Crippen LogP contribution in [0, 0.1) is 5.82 Å². The Morgan fingerprint density at radius 1 is 1.00 bits per heavy atom. The van der Waals surface area contributed by atoms with Gasteiger partial charge in [0.15, 0.2) is 0 Å². The number of thioether (sulfide) groups is 1. The highest BCUT2D eigenvalue weighted by atomic mass is 32.2. The lowest BCUT2D eigenvalue weighted by atomic mass is 10.0. The third-order valence-corrected chi connectivity index (χ3v) is 4.04. The van der Waals surface area contributed by atoms with Crippen molar-refractivity contribution in [2.75, 3.05) is 5.75 Å². The Balaban J connectivity index is 2.10. The summed E-state index contributed by atoms with van der Waals surface area (Å²) in [5.41, 5.74) is 5.23. The van der Waals surface area contributed by atoms with Crippen LogP contribution in [0.25, 0.3) is 0 Å². The summed E-state index contributed by atoms with van der Waals surface area (Å²) in [6.45, 7) is 0. The van der Waals surface area contributed by atoms with E-state index in [1.54, 1.807) is 12.1 Å². The Morgan fingerprint density at radius 2 is 1.62 bits per heavy atom. The topological polar surface area (TPSA) is 26.0 Å². The van der Waals surface area contributed by atoms with Crippen LogP contribution in [-0.2, 0) is 6.18 Å². The lowest BCUT2D eigenvalue weighted by Crippen LogP contribution is -2.19. The molecule has 0 aliphatic carbocycles. The first-order valence-corrected chi connectivity index (χ1v) is 7.16. The fourth-order valence-electron chi connectivity index (χ4n) is 1.89. The normalized spacial score (nSPS) is 13.2. The number of rotatable bonds is 4. The maximum absolute atomic E-state index is 12.9. The number of benzene rings is 2. The zero-order valence-electron chi connectivity index (χ0n) is 10.9. The summed E-state index contributed by atoms with van der Waals surface area (Å²) in [5.74, 6) is -0.0790. The van der Waals surface area contributed by atoms with E-state index in [-0.39, 0.29) is 17.1 Å². The second-order valence-corrected chi connectivity index (χ2v) is 5.55. The van der Waals surface area contributed by atoms with E-state index in [0.717, 1.165) is 11.0 Å². The summed E-state index contributed by atoms with van der Waals surface area (Å²) in [7, 11) is 0. The lowest BCUT2D eigenvalue weighted by Gasteiger charge is -2.18. The van der Waals surface area contributed by atoms with Crippen molar-refractivity contribution in [1.82, 2.24) is 0 Å². The van der Waals surface area contributed by atoms with E-state index in [1.165, 1.54) is 42.1 Å². The fraction of sp³-hybridized carbons (Fsp3) is 0.200. The van der Waals surface area contributed by atoms with Crippen LogP contribution in [0.4, 0.5) is 17.6 Å². The summed E-state index contributed by atoms with van der Waals surface area (Å²) < 4.78 is 51.5. The standard InChI is InChI=1S/C15H13F4NS/c16-10-5-7-11(8-6-10)21-9-14(20)12-3-1-2-4-13(12)15(17,18)19/h1-8,14H,9,20H2. The van der Waals surface area contributed by atoms with Gasteiger partial charge < -0.3 is 5.73 Å². The predicted octanol–water partition coefficient (Wildman–Crippen LogP) is 4.64. The molecule has 2 aromatic rings. The molecule has 2 aromatic carbocycles. The molecule has 0 aliphatic heterocycles. The molecular weight excluding hydrogens is 302 g/mol. The van der Waals surface area contributed by atoms with Gasteiger partial charge in [0.25, 0.3) is 0 Å². The molecule has 0 heterocycles. The molecule has 1 atom stereocenters. The summed E-state index contributed by atoms with van der Waals surface area (Å²) in [5, 5.41) is 0. The van der Waals surface area contributed by atoms with Gasteiger partial charge in [0.2, 0.25) is 0 Å². The van der Waals surface area contributed by atoms with Gasteiger partial charge in [-0.3, -0.25) is 0 Å². The Kier molecular flexibility index (Phi) is 4.90. The van der Waals surface area contributed by atoms with E-state index in [2.05, 4.69) is 0 Å². The second kappa shape index (κ2) is 6.49. The number of halogens is 4. The van der Waals surface area contributed by atoms with Gasteiger partial charge in [-0.1, -0.05) is 18.2 Å². The summed E-state index contributed by atoms with van der Waals surface area (Å²) in [6, 6.07) is 10.3. The average Bonchev–Trinajstić information content (AvgIpc) is 2.45. The zero-order chi connectivity index (χ0) is 15.5. The van der Waals surface area contributed by atoms with E-state index < -0.39 is 17.8 Å². The van der Waals surface area contributed by atoms with Crippen LogP contribution in [-0.4, -0.2) is 5.75 Å². The first-order valence-electron chi connectivity index (χ1n) is 6.18. The lowest BCUT2D eigenvalue weighted by molar-refractivity contribution is -0.138. The van der Waals surface area contributed by atoms with Crippen LogP contribution in [0.5, 0.6) is 0 Å². The third kappa shape index (κ3) is 4.22. The molecule has 21 heavy (non-hydrogen) atoms. The van der Waals surface area contributed by atoms with Gasteiger partial charge in [0.1, 0.15) is 5.82 Å². The van der Waals surface area contributed by atoms with Gasteiger partial charge in [-0.25, -0.2) is 4.39 Å². The molecule has 0 amide bonds. The smallest absolute Gasteiger partial charge is 0.323 e. The third-order valence-electron chi connectivity index (χ3n) is 2.91. The SMILES string of the molecule is NC(CSc1ccc(F)cc1)c1ccccc1C(F)(F)F. The maximum Gasteiger partial charge on any atom is 0.416 e. The van der Waals surface area contributed by atoms with Crippen molar-refractivity contribution in [3.8, 4) is 0 Å². The molecule has 6 heteroatoms. The Labute approximate surface area is 124 Å².